The van der Waals surface area contributed by atoms with Crippen molar-refractivity contribution in [1.29, 1.82) is 0 Å². The van der Waals surface area contributed by atoms with Crippen LogP contribution in [0.5, 0.6) is 5.75 Å². The number of hydrogen-bond acceptors (Lipinski definition) is 2. The van der Waals surface area contributed by atoms with Crippen LogP contribution in [0.1, 0.15) is 33.1 Å². The third kappa shape index (κ3) is 3.56. The molecule has 1 aliphatic rings. The molecule has 1 aromatic heterocycles. The topological polar surface area (TPSA) is 45.3 Å². The van der Waals surface area contributed by atoms with Gasteiger partial charge in [-0.3, -0.25) is 4.79 Å². The van der Waals surface area contributed by atoms with Gasteiger partial charge in [0.25, 0.3) is 5.91 Å². The molecular formula is C30H23FN2O2. The van der Waals surface area contributed by atoms with Gasteiger partial charge in [0.1, 0.15) is 11.6 Å². The smallest absolute Gasteiger partial charge is 0.255 e. The second-order valence-corrected chi connectivity index (χ2v) is 8.74. The number of rotatable bonds is 5. The first-order valence-electron chi connectivity index (χ1n) is 11.5. The summed E-state index contributed by atoms with van der Waals surface area (Å²) in [5.74, 6) is 0.438. The Morgan fingerprint density at radius 1 is 0.914 bits per heavy atom. The molecule has 4 nitrogen and oxygen atoms in total. The van der Waals surface area contributed by atoms with Crippen molar-refractivity contribution in [2.75, 3.05) is 7.11 Å². The second kappa shape index (κ2) is 8.44. The number of benzene rings is 4. The molecule has 4 aromatic carbocycles. The predicted molar refractivity (Wildman–Crippen MR) is 135 cm³/mol. The van der Waals surface area contributed by atoms with Crippen LogP contribution >= 0.6 is 0 Å². The maximum atomic E-state index is 13.7. The summed E-state index contributed by atoms with van der Waals surface area (Å²) in [7, 11) is 1.65. The van der Waals surface area contributed by atoms with Crippen molar-refractivity contribution in [1.82, 2.24) is 9.88 Å². The Morgan fingerprint density at radius 3 is 2.51 bits per heavy atom. The van der Waals surface area contributed by atoms with E-state index in [0.29, 0.717) is 12.1 Å². The summed E-state index contributed by atoms with van der Waals surface area (Å²) in [4.78, 5) is 19.2. The fourth-order valence-corrected chi connectivity index (χ4v) is 5.08. The Bertz CT molecular complexity index is 1550. The number of methoxy groups -OCH3 is 1. The molecule has 1 amide bonds. The standard InChI is InChI=1S/C30H23FN2O2/c1-35-22-8-6-7-20(17-22)28-27(25-11-4-5-12-26(25)32-28)29-23-9-2-3-10-24(23)30(34)33(29)18-19-13-15-21(31)16-14-19/h2-17,29,32H,18H2,1H3/t29-/m0/s1. The van der Waals surface area contributed by atoms with Crippen molar-refractivity contribution in [3.63, 3.8) is 0 Å². The van der Waals surface area contributed by atoms with Crippen molar-refractivity contribution in [3.05, 3.63) is 125 Å². The van der Waals surface area contributed by atoms with Gasteiger partial charge < -0.3 is 14.6 Å². The zero-order chi connectivity index (χ0) is 23.9. The van der Waals surface area contributed by atoms with Crippen LogP contribution < -0.4 is 4.74 Å². The highest BCUT2D eigenvalue weighted by molar-refractivity contribution is 6.02. The third-order valence-electron chi connectivity index (χ3n) is 6.70. The average Bonchev–Trinajstić information content (AvgIpc) is 3.41. The number of aromatic nitrogens is 1. The Balaban J connectivity index is 1.58. The Kier molecular flexibility index (Phi) is 5.10. The Hall–Kier alpha value is -4.38. The van der Waals surface area contributed by atoms with Crippen molar-refractivity contribution in [3.8, 4) is 17.0 Å². The summed E-state index contributed by atoms with van der Waals surface area (Å²) in [6.07, 6.45) is 0. The van der Waals surface area contributed by atoms with E-state index in [0.717, 1.165) is 44.6 Å². The number of carbonyl (C=O) groups excluding carboxylic acids is 1. The maximum absolute atomic E-state index is 13.7. The Morgan fingerprint density at radius 2 is 1.69 bits per heavy atom. The number of ether oxygens (including phenoxy) is 1. The van der Waals surface area contributed by atoms with E-state index in [1.54, 1.807) is 19.2 Å². The van der Waals surface area contributed by atoms with E-state index in [9.17, 15) is 9.18 Å². The molecule has 0 radical (unpaired) electrons. The lowest BCUT2D eigenvalue weighted by Crippen LogP contribution is -2.28. The summed E-state index contributed by atoms with van der Waals surface area (Å²) in [6, 6.07) is 29.9. The summed E-state index contributed by atoms with van der Waals surface area (Å²) < 4.78 is 19.1. The number of H-pyrrole nitrogens is 1. The van der Waals surface area contributed by atoms with Crippen LogP contribution in [0.25, 0.3) is 22.2 Å². The zero-order valence-electron chi connectivity index (χ0n) is 19.2. The van der Waals surface area contributed by atoms with E-state index in [4.69, 9.17) is 4.74 Å². The molecule has 0 bridgehead atoms. The van der Waals surface area contributed by atoms with Crippen LogP contribution in [0.4, 0.5) is 4.39 Å². The molecular weight excluding hydrogens is 439 g/mol. The van der Waals surface area contributed by atoms with E-state index in [1.165, 1.54) is 12.1 Å². The molecule has 0 saturated carbocycles. The molecule has 0 saturated heterocycles. The van der Waals surface area contributed by atoms with E-state index in [2.05, 4.69) is 17.1 Å². The average molecular weight is 463 g/mol. The van der Waals surface area contributed by atoms with E-state index >= 15 is 0 Å². The van der Waals surface area contributed by atoms with Gasteiger partial charge in [0.15, 0.2) is 0 Å². The minimum Gasteiger partial charge on any atom is -0.497 e. The van der Waals surface area contributed by atoms with E-state index < -0.39 is 0 Å². The lowest BCUT2D eigenvalue weighted by Gasteiger charge is -2.27. The number of nitrogens with one attached hydrogen (secondary N) is 1. The fraction of sp³-hybridized carbons (Fsp3) is 0.100. The highest BCUT2D eigenvalue weighted by Crippen LogP contribution is 2.46. The molecule has 0 unspecified atom stereocenters. The quantitative estimate of drug-likeness (QED) is 0.315. The van der Waals surface area contributed by atoms with Crippen LogP contribution in [0.2, 0.25) is 0 Å². The molecule has 5 aromatic rings. The SMILES string of the molecule is COc1cccc(-c2[nH]c3ccccc3c2[C@@H]2c3ccccc3C(=O)N2Cc2ccc(F)cc2)c1. The molecule has 5 heteroatoms. The van der Waals surface area contributed by atoms with Crippen LogP contribution in [0.15, 0.2) is 97.1 Å². The predicted octanol–water partition coefficient (Wildman–Crippen LogP) is 6.73. The van der Waals surface area contributed by atoms with Gasteiger partial charge in [0, 0.05) is 34.1 Å². The van der Waals surface area contributed by atoms with Gasteiger partial charge in [-0.05, 0) is 47.5 Å². The summed E-state index contributed by atoms with van der Waals surface area (Å²) >= 11 is 0. The van der Waals surface area contributed by atoms with Gasteiger partial charge in [-0.1, -0.05) is 60.7 Å². The highest BCUT2D eigenvalue weighted by atomic mass is 19.1. The van der Waals surface area contributed by atoms with Gasteiger partial charge in [-0.15, -0.1) is 0 Å². The summed E-state index contributed by atoms with van der Waals surface area (Å²) in [6.45, 7) is 0.371. The third-order valence-corrected chi connectivity index (χ3v) is 6.70. The summed E-state index contributed by atoms with van der Waals surface area (Å²) in [5.41, 5.74) is 6.50. The number of halogens is 1. The molecule has 172 valence electrons. The molecule has 0 spiro atoms. The zero-order valence-corrected chi connectivity index (χ0v) is 19.2. The maximum Gasteiger partial charge on any atom is 0.255 e. The van der Waals surface area contributed by atoms with Gasteiger partial charge in [0.2, 0.25) is 0 Å². The number of para-hydroxylation sites is 1. The van der Waals surface area contributed by atoms with Crippen LogP contribution in [0, 0.1) is 5.82 Å². The van der Waals surface area contributed by atoms with Crippen molar-refractivity contribution < 1.29 is 13.9 Å². The van der Waals surface area contributed by atoms with Crippen LogP contribution in [-0.4, -0.2) is 22.9 Å². The van der Waals surface area contributed by atoms with Crippen LogP contribution in [-0.2, 0) is 6.54 Å². The van der Waals surface area contributed by atoms with E-state index in [1.807, 2.05) is 65.6 Å². The molecule has 35 heavy (non-hydrogen) atoms. The molecule has 1 atom stereocenters. The fourth-order valence-electron chi connectivity index (χ4n) is 5.08. The number of hydrogen-bond donors (Lipinski definition) is 1. The normalized spacial score (nSPS) is 15.0. The molecule has 1 N–H and O–H groups in total. The van der Waals surface area contributed by atoms with Crippen molar-refractivity contribution in [2.24, 2.45) is 0 Å². The highest BCUT2D eigenvalue weighted by Gasteiger charge is 2.40. The molecule has 6 rings (SSSR count). The van der Waals surface area contributed by atoms with E-state index in [-0.39, 0.29) is 17.8 Å². The first kappa shape index (κ1) is 21.2. The minimum atomic E-state index is -0.305. The first-order chi connectivity index (χ1) is 17.1. The molecule has 0 aliphatic carbocycles. The van der Waals surface area contributed by atoms with Crippen molar-refractivity contribution >= 4 is 16.8 Å². The number of carbonyl (C=O) groups is 1. The lowest BCUT2D eigenvalue weighted by molar-refractivity contribution is 0.0737. The molecule has 2 heterocycles. The first-order valence-corrected chi connectivity index (χ1v) is 11.5. The monoisotopic (exact) mass is 462 g/mol. The van der Waals surface area contributed by atoms with Crippen molar-refractivity contribution in [2.45, 2.75) is 12.6 Å². The van der Waals surface area contributed by atoms with Gasteiger partial charge >= 0.3 is 0 Å². The van der Waals surface area contributed by atoms with Gasteiger partial charge in [-0.2, -0.15) is 0 Å². The van der Waals surface area contributed by atoms with Gasteiger partial charge in [-0.25, -0.2) is 4.39 Å². The number of aromatic amines is 1. The minimum absolute atomic E-state index is 0.0307. The molecule has 1 aliphatic heterocycles. The Labute approximate surface area is 202 Å². The lowest BCUT2D eigenvalue weighted by atomic mass is 9.93. The second-order valence-electron chi connectivity index (χ2n) is 8.74. The number of fused-ring (bicyclic) bond motifs is 2. The van der Waals surface area contributed by atoms with Gasteiger partial charge in [0.05, 0.1) is 18.8 Å². The largest absolute Gasteiger partial charge is 0.497 e. The summed E-state index contributed by atoms with van der Waals surface area (Å²) in [5, 5.41) is 1.06. The molecule has 0 fully saturated rings. The number of amides is 1. The number of nitrogens with zero attached hydrogens (tertiary/aromatic N) is 1. The van der Waals surface area contributed by atoms with Crippen LogP contribution in [0.3, 0.4) is 0 Å².